The molecule has 0 spiro atoms. The topological polar surface area (TPSA) is 4.93 Å². The van der Waals surface area contributed by atoms with E-state index in [4.69, 9.17) is 11.6 Å². The number of fused-ring (bicyclic) bond motifs is 3. The molecule has 0 amide bonds. The maximum absolute atomic E-state index is 6.41. The second-order valence-corrected chi connectivity index (χ2v) is 8.44. The minimum atomic E-state index is 0.751. The largest absolute Gasteiger partial charge is 0.309 e. The Kier molecular flexibility index (Phi) is 4.56. The summed E-state index contributed by atoms with van der Waals surface area (Å²) in [6.45, 7) is 0. The minimum Gasteiger partial charge on any atom is -0.309 e. The van der Waals surface area contributed by atoms with E-state index in [2.05, 4.69) is 108 Å². The van der Waals surface area contributed by atoms with Gasteiger partial charge < -0.3 is 4.57 Å². The van der Waals surface area contributed by atoms with Crippen LogP contribution in [0.2, 0.25) is 5.02 Å². The first-order valence-electron chi connectivity index (χ1n) is 10.7. The van der Waals surface area contributed by atoms with Gasteiger partial charge in [-0.15, -0.1) is 0 Å². The van der Waals surface area contributed by atoms with E-state index in [1.165, 1.54) is 33.2 Å². The summed E-state index contributed by atoms with van der Waals surface area (Å²) >= 11 is 6.41. The van der Waals surface area contributed by atoms with Crippen molar-refractivity contribution >= 4 is 33.4 Å². The van der Waals surface area contributed by atoms with Gasteiger partial charge in [0.05, 0.1) is 11.0 Å². The van der Waals surface area contributed by atoms with E-state index in [1.807, 2.05) is 18.2 Å². The average Bonchev–Trinajstić information content (AvgIpc) is 3.18. The second kappa shape index (κ2) is 7.71. The Bertz CT molecular complexity index is 1550. The normalized spacial score (nSPS) is 11.3. The number of nitrogens with zero attached hydrogens (tertiary/aromatic N) is 1. The molecule has 0 aliphatic heterocycles. The summed E-state index contributed by atoms with van der Waals surface area (Å²) in [5.74, 6) is 0. The average molecular weight is 430 g/mol. The maximum Gasteiger partial charge on any atom is 0.0542 e. The number of hydrogen-bond acceptors (Lipinski definition) is 0. The van der Waals surface area contributed by atoms with Crippen LogP contribution in [0, 0.1) is 0 Å². The van der Waals surface area contributed by atoms with Crippen molar-refractivity contribution in [3.63, 3.8) is 0 Å². The van der Waals surface area contributed by atoms with Crippen LogP contribution < -0.4 is 0 Å². The molecular formula is C30H20ClN. The van der Waals surface area contributed by atoms with Crippen LogP contribution in [-0.2, 0) is 0 Å². The molecule has 0 aliphatic rings. The number of benzene rings is 5. The first-order chi connectivity index (χ1) is 15.8. The van der Waals surface area contributed by atoms with Crippen molar-refractivity contribution in [2.75, 3.05) is 0 Å². The van der Waals surface area contributed by atoms with Gasteiger partial charge in [0.25, 0.3) is 0 Å². The van der Waals surface area contributed by atoms with Gasteiger partial charge >= 0.3 is 0 Å². The monoisotopic (exact) mass is 429 g/mol. The molecule has 0 aliphatic carbocycles. The van der Waals surface area contributed by atoms with Gasteiger partial charge in [-0.3, -0.25) is 0 Å². The number of aromatic nitrogens is 1. The van der Waals surface area contributed by atoms with Crippen LogP contribution in [0.1, 0.15) is 0 Å². The third-order valence-corrected chi connectivity index (χ3v) is 6.30. The molecule has 32 heavy (non-hydrogen) atoms. The van der Waals surface area contributed by atoms with Gasteiger partial charge in [0.15, 0.2) is 0 Å². The highest BCUT2D eigenvalue weighted by Crippen LogP contribution is 2.36. The van der Waals surface area contributed by atoms with Crippen LogP contribution in [0.15, 0.2) is 121 Å². The molecule has 1 aromatic heterocycles. The number of hydrogen-bond donors (Lipinski definition) is 0. The quantitative estimate of drug-likeness (QED) is 0.265. The molecule has 0 unspecified atom stereocenters. The standard InChI is InChI=1S/C30H20ClN/c31-25-14-18-30-28(20-25)27-19-24(22-9-5-2-6-10-22)13-17-29(27)32(30)26-15-11-23(12-16-26)21-7-3-1-4-8-21/h1-20H. The van der Waals surface area contributed by atoms with Crippen molar-refractivity contribution in [2.24, 2.45) is 0 Å². The van der Waals surface area contributed by atoms with E-state index in [-0.39, 0.29) is 0 Å². The highest BCUT2D eigenvalue weighted by atomic mass is 35.5. The molecule has 2 heteroatoms. The third kappa shape index (κ3) is 3.19. The molecule has 0 bridgehead atoms. The van der Waals surface area contributed by atoms with Crippen molar-refractivity contribution < 1.29 is 0 Å². The number of halogens is 1. The van der Waals surface area contributed by atoms with E-state index >= 15 is 0 Å². The highest BCUT2D eigenvalue weighted by molar-refractivity contribution is 6.32. The Morgan fingerprint density at radius 3 is 1.59 bits per heavy atom. The molecule has 1 nitrogen and oxygen atoms in total. The molecule has 0 saturated carbocycles. The van der Waals surface area contributed by atoms with E-state index in [9.17, 15) is 0 Å². The first kappa shape index (κ1) is 18.9. The van der Waals surface area contributed by atoms with E-state index in [0.717, 1.165) is 21.6 Å². The molecule has 0 saturated heterocycles. The molecule has 152 valence electrons. The molecule has 0 atom stereocenters. The van der Waals surface area contributed by atoms with Gasteiger partial charge in [-0.1, -0.05) is 90.5 Å². The van der Waals surface area contributed by atoms with Crippen molar-refractivity contribution in [2.45, 2.75) is 0 Å². The Labute approximate surface area is 192 Å². The molecule has 0 N–H and O–H groups in total. The molecular weight excluding hydrogens is 410 g/mol. The summed E-state index contributed by atoms with van der Waals surface area (Å²) in [6, 6.07) is 42.6. The molecule has 6 aromatic rings. The number of rotatable bonds is 3. The van der Waals surface area contributed by atoms with Crippen LogP contribution in [0.5, 0.6) is 0 Å². The van der Waals surface area contributed by atoms with E-state index in [0.29, 0.717) is 0 Å². The fourth-order valence-corrected chi connectivity index (χ4v) is 4.69. The smallest absolute Gasteiger partial charge is 0.0542 e. The van der Waals surface area contributed by atoms with Crippen molar-refractivity contribution in [1.29, 1.82) is 0 Å². The lowest BCUT2D eigenvalue weighted by Gasteiger charge is -2.10. The predicted octanol–water partition coefficient (Wildman–Crippen LogP) is 8.77. The van der Waals surface area contributed by atoms with E-state index in [1.54, 1.807) is 0 Å². The minimum absolute atomic E-state index is 0.751. The summed E-state index contributed by atoms with van der Waals surface area (Å²) in [5.41, 5.74) is 8.32. The van der Waals surface area contributed by atoms with Gasteiger partial charge in [-0.2, -0.15) is 0 Å². The Morgan fingerprint density at radius 1 is 0.438 bits per heavy atom. The molecule has 0 fully saturated rings. The first-order valence-corrected chi connectivity index (χ1v) is 11.1. The fourth-order valence-electron chi connectivity index (χ4n) is 4.52. The van der Waals surface area contributed by atoms with Gasteiger partial charge in [-0.05, 0) is 64.7 Å². The van der Waals surface area contributed by atoms with Crippen molar-refractivity contribution in [1.82, 2.24) is 4.57 Å². The Balaban J connectivity index is 1.56. The molecule has 5 aromatic carbocycles. The zero-order chi connectivity index (χ0) is 21.5. The summed E-state index contributed by atoms with van der Waals surface area (Å²) in [5, 5.41) is 3.12. The summed E-state index contributed by atoms with van der Waals surface area (Å²) in [4.78, 5) is 0. The van der Waals surface area contributed by atoms with Crippen LogP contribution in [0.4, 0.5) is 0 Å². The lowest BCUT2D eigenvalue weighted by atomic mass is 10.0. The Morgan fingerprint density at radius 2 is 0.938 bits per heavy atom. The molecule has 1 heterocycles. The second-order valence-electron chi connectivity index (χ2n) is 8.01. The van der Waals surface area contributed by atoms with Crippen molar-refractivity contribution in [3.8, 4) is 27.9 Å². The third-order valence-electron chi connectivity index (χ3n) is 6.07. The van der Waals surface area contributed by atoms with E-state index < -0.39 is 0 Å². The maximum atomic E-state index is 6.41. The van der Waals surface area contributed by atoms with Crippen molar-refractivity contribution in [3.05, 3.63) is 126 Å². The highest BCUT2D eigenvalue weighted by Gasteiger charge is 2.14. The van der Waals surface area contributed by atoms with Gasteiger partial charge in [0.2, 0.25) is 0 Å². The zero-order valence-corrected chi connectivity index (χ0v) is 18.1. The summed E-state index contributed by atoms with van der Waals surface area (Å²) in [6.07, 6.45) is 0. The van der Waals surface area contributed by atoms with Crippen LogP contribution in [0.25, 0.3) is 49.7 Å². The summed E-state index contributed by atoms with van der Waals surface area (Å²) in [7, 11) is 0. The lowest BCUT2D eigenvalue weighted by molar-refractivity contribution is 1.18. The zero-order valence-electron chi connectivity index (χ0n) is 17.4. The SMILES string of the molecule is Clc1ccc2c(c1)c1cc(-c3ccccc3)ccc1n2-c1ccc(-c2ccccc2)cc1. The van der Waals surface area contributed by atoms with Crippen LogP contribution in [0.3, 0.4) is 0 Å². The lowest BCUT2D eigenvalue weighted by Crippen LogP contribution is -1.93. The molecule has 0 radical (unpaired) electrons. The van der Waals surface area contributed by atoms with Gasteiger partial charge in [-0.25, -0.2) is 0 Å². The van der Waals surface area contributed by atoms with Crippen LogP contribution in [-0.4, -0.2) is 4.57 Å². The Hall–Kier alpha value is -3.81. The summed E-state index contributed by atoms with van der Waals surface area (Å²) < 4.78 is 2.32. The molecule has 6 rings (SSSR count). The van der Waals surface area contributed by atoms with Gasteiger partial charge in [0.1, 0.15) is 0 Å². The fraction of sp³-hybridized carbons (Fsp3) is 0. The van der Waals surface area contributed by atoms with Crippen LogP contribution >= 0.6 is 11.6 Å². The van der Waals surface area contributed by atoms with Gasteiger partial charge in [0, 0.05) is 21.5 Å². The predicted molar refractivity (Wildman–Crippen MR) is 137 cm³/mol.